The van der Waals surface area contributed by atoms with Crippen LogP contribution in [0.25, 0.3) is 0 Å². The molecule has 0 atom stereocenters. The highest BCUT2D eigenvalue weighted by Crippen LogP contribution is 2.27. The molecule has 2 rings (SSSR count). The van der Waals surface area contributed by atoms with Crippen LogP contribution in [0.4, 0.5) is 0 Å². The number of benzene rings is 1. The average Bonchev–Trinajstić information content (AvgIpc) is 2.40. The zero-order valence-electron chi connectivity index (χ0n) is 11.1. The van der Waals surface area contributed by atoms with Gasteiger partial charge >= 0.3 is 0 Å². The number of hydrogen-bond acceptors (Lipinski definition) is 3. The molecule has 0 saturated carbocycles. The Labute approximate surface area is 109 Å². The minimum Gasteiger partial charge on any atom is -0.330 e. The van der Waals surface area contributed by atoms with Gasteiger partial charge in [0, 0.05) is 12.0 Å². The number of nitrogens with two attached hydrogens (primary N) is 1. The summed E-state index contributed by atoms with van der Waals surface area (Å²) in [6, 6.07) is 8.12. The van der Waals surface area contributed by atoms with E-state index in [4.69, 9.17) is 5.73 Å². The van der Waals surface area contributed by atoms with Crippen LogP contribution in [0.2, 0.25) is 0 Å². The fourth-order valence-electron chi connectivity index (χ4n) is 2.56. The monoisotopic (exact) mass is 246 g/mol. The summed E-state index contributed by atoms with van der Waals surface area (Å²) in [4.78, 5) is 14.1. The van der Waals surface area contributed by atoms with Crippen LogP contribution >= 0.6 is 0 Å². The number of likely N-dealkylation sites (tertiary alicyclic amines) is 1. The Morgan fingerprint density at radius 3 is 2.44 bits per heavy atom. The second kappa shape index (κ2) is 6.12. The van der Waals surface area contributed by atoms with Crippen LogP contribution in [0.3, 0.4) is 0 Å². The zero-order chi connectivity index (χ0) is 13.0. The molecule has 0 bridgehead atoms. The normalized spacial score (nSPS) is 17.9. The highest BCUT2D eigenvalue weighted by atomic mass is 16.1. The molecule has 3 nitrogen and oxygen atoms in total. The van der Waals surface area contributed by atoms with E-state index in [-0.39, 0.29) is 5.78 Å². The molecule has 2 N–H and O–H groups in total. The quantitative estimate of drug-likeness (QED) is 0.827. The maximum atomic E-state index is 11.7. The van der Waals surface area contributed by atoms with Gasteiger partial charge in [0.1, 0.15) is 0 Å². The Hall–Kier alpha value is -1.19. The van der Waals surface area contributed by atoms with Crippen LogP contribution in [0, 0.1) is 0 Å². The van der Waals surface area contributed by atoms with Crippen LogP contribution < -0.4 is 5.73 Å². The van der Waals surface area contributed by atoms with E-state index in [2.05, 4.69) is 24.1 Å². The number of ketones is 1. The van der Waals surface area contributed by atoms with Gasteiger partial charge in [-0.25, -0.2) is 0 Å². The second-order valence-corrected chi connectivity index (χ2v) is 5.16. The lowest BCUT2D eigenvalue weighted by atomic mass is 9.89. The summed E-state index contributed by atoms with van der Waals surface area (Å²) in [7, 11) is 2.17. The van der Waals surface area contributed by atoms with Gasteiger partial charge in [-0.15, -0.1) is 0 Å². The molecule has 98 valence electrons. The molecule has 0 spiro atoms. The smallest absolute Gasteiger partial charge is 0.164 e. The van der Waals surface area contributed by atoms with Crippen molar-refractivity contribution in [3.05, 3.63) is 35.4 Å². The Morgan fingerprint density at radius 2 is 1.89 bits per heavy atom. The van der Waals surface area contributed by atoms with E-state index in [1.54, 1.807) is 0 Å². The number of carbonyl (C=O) groups is 1. The second-order valence-electron chi connectivity index (χ2n) is 5.16. The molecule has 0 radical (unpaired) electrons. The highest BCUT2D eigenvalue weighted by Gasteiger charge is 2.18. The van der Waals surface area contributed by atoms with Crippen molar-refractivity contribution in [3.63, 3.8) is 0 Å². The van der Waals surface area contributed by atoms with E-state index >= 15 is 0 Å². The largest absolute Gasteiger partial charge is 0.330 e. The summed E-state index contributed by atoms with van der Waals surface area (Å²) in [5, 5.41) is 0. The molecule has 1 heterocycles. The molecule has 18 heavy (non-hydrogen) atoms. The molecule has 0 aromatic heterocycles. The predicted molar refractivity (Wildman–Crippen MR) is 73.9 cm³/mol. The number of carbonyl (C=O) groups excluding carboxylic acids is 1. The maximum absolute atomic E-state index is 11.7. The minimum atomic E-state index is 0.146. The summed E-state index contributed by atoms with van der Waals surface area (Å²) in [5.41, 5.74) is 7.56. The van der Waals surface area contributed by atoms with Crippen LogP contribution in [0.1, 0.15) is 41.1 Å². The predicted octanol–water partition coefficient (Wildman–Crippen LogP) is 2.03. The summed E-state index contributed by atoms with van der Waals surface area (Å²) in [6.07, 6.45) is 2.87. The van der Waals surface area contributed by atoms with Gasteiger partial charge in [-0.2, -0.15) is 0 Å². The lowest BCUT2D eigenvalue weighted by Gasteiger charge is -2.29. The summed E-state index contributed by atoms with van der Waals surface area (Å²) >= 11 is 0. The Morgan fingerprint density at radius 1 is 1.28 bits per heavy atom. The first kappa shape index (κ1) is 13.2. The SMILES string of the molecule is CN1CCC(c2ccc(C(=O)CCN)cc2)CC1. The van der Waals surface area contributed by atoms with Crippen LogP contribution in [0.5, 0.6) is 0 Å². The molecular weight excluding hydrogens is 224 g/mol. The topological polar surface area (TPSA) is 46.3 Å². The van der Waals surface area contributed by atoms with E-state index in [1.165, 1.54) is 31.5 Å². The first-order valence-corrected chi connectivity index (χ1v) is 6.72. The van der Waals surface area contributed by atoms with Crippen molar-refractivity contribution in [1.82, 2.24) is 4.90 Å². The highest BCUT2D eigenvalue weighted by molar-refractivity contribution is 5.96. The minimum absolute atomic E-state index is 0.146. The third-order valence-electron chi connectivity index (χ3n) is 3.79. The summed E-state index contributed by atoms with van der Waals surface area (Å²) in [6.45, 7) is 2.76. The molecule has 3 heteroatoms. The van der Waals surface area contributed by atoms with E-state index in [0.717, 1.165) is 5.56 Å². The molecule has 0 unspecified atom stereocenters. The third kappa shape index (κ3) is 3.18. The van der Waals surface area contributed by atoms with Gasteiger partial charge in [0.2, 0.25) is 0 Å². The number of hydrogen-bond donors (Lipinski definition) is 1. The van der Waals surface area contributed by atoms with Crippen molar-refractivity contribution in [2.24, 2.45) is 5.73 Å². The van der Waals surface area contributed by atoms with Gasteiger partial charge in [0.25, 0.3) is 0 Å². The van der Waals surface area contributed by atoms with Crippen molar-refractivity contribution in [2.75, 3.05) is 26.7 Å². The third-order valence-corrected chi connectivity index (χ3v) is 3.79. The number of rotatable bonds is 4. The first-order chi connectivity index (χ1) is 8.70. The maximum Gasteiger partial charge on any atom is 0.164 e. The summed E-state index contributed by atoms with van der Waals surface area (Å²) in [5.74, 6) is 0.798. The number of nitrogens with zero attached hydrogens (tertiary/aromatic N) is 1. The number of piperidine rings is 1. The van der Waals surface area contributed by atoms with Gasteiger partial charge in [0.15, 0.2) is 5.78 Å². The summed E-state index contributed by atoms with van der Waals surface area (Å²) < 4.78 is 0. The van der Waals surface area contributed by atoms with Gasteiger partial charge in [-0.3, -0.25) is 4.79 Å². The lowest BCUT2D eigenvalue weighted by Crippen LogP contribution is -2.29. The Bertz CT molecular complexity index is 391. The van der Waals surface area contributed by atoms with E-state index in [1.807, 2.05) is 12.1 Å². The van der Waals surface area contributed by atoms with Gasteiger partial charge < -0.3 is 10.6 Å². The molecule has 0 amide bonds. The van der Waals surface area contributed by atoms with E-state index in [0.29, 0.717) is 18.9 Å². The first-order valence-electron chi connectivity index (χ1n) is 6.72. The molecule has 1 saturated heterocycles. The molecule has 1 aliphatic heterocycles. The van der Waals surface area contributed by atoms with Gasteiger partial charge in [0.05, 0.1) is 0 Å². The van der Waals surface area contributed by atoms with Crippen molar-refractivity contribution >= 4 is 5.78 Å². The van der Waals surface area contributed by atoms with E-state index < -0.39 is 0 Å². The van der Waals surface area contributed by atoms with E-state index in [9.17, 15) is 4.79 Å². The Balaban J connectivity index is 2.01. The Kier molecular flexibility index (Phi) is 4.50. The molecule has 1 aromatic rings. The molecule has 1 fully saturated rings. The van der Waals surface area contributed by atoms with Crippen molar-refractivity contribution in [3.8, 4) is 0 Å². The standard InChI is InChI=1S/C15H22N2O/c1-17-10-7-13(8-11-17)12-2-4-14(5-3-12)15(18)6-9-16/h2-5,13H,6-11,16H2,1H3. The van der Waals surface area contributed by atoms with Crippen molar-refractivity contribution < 1.29 is 4.79 Å². The van der Waals surface area contributed by atoms with Crippen LogP contribution in [-0.2, 0) is 0 Å². The lowest BCUT2D eigenvalue weighted by molar-refractivity contribution is 0.0985. The van der Waals surface area contributed by atoms with Crippen LogP contribution in [-0.4, -0.2) is 37.4 Å². The molecule has 1 aromatic carbocycles. The fraction of sp³-hybridized carbons (Fsp3) is 0.533. The molecule has 1 aliphatic rings. The number of Topliss-reactive ketones (excluding diaryl/α,β-unsaturated/α-hetero) is 1. The molecule has 0 aliphatic carbocycles. The van der Waals surface area contributed by atoms with Gasteiger partial charge in [-0.1, -0.05) is 24.3 Å². The molecular formula is C15H22N2O. The van der Waals surface area contributed by atoms with Crippen molar-refractivity contribution in [2.45, 2.75) is 25.2 Å². The van der Waals surface area contributed by atoms with Gasteiger partial charge in [-0.05, 0) is 51.0 Å². The zero-order valence-corrected chi connectivity index (χ0v) is 11.1. The average molecular weight is 246 g/mol. The fourth-order valence-corrected chi connectivity index (χ4v) is 2.56. The van der Waals surface area contributed by atoms with Crippen molar-refractivity contribution in [1.29, 1.82) is 0 Å². The van der Waals surface area contributed by atoms with Crippen LogP contribution in [0.15, 0.2) is 24.3 Å².